The predicted octanol–water partition coefficient (Wildman–Crippen LogP) is 1.35. The molecule has 0 aliphatic carbocycles. The first-order chi connectivity index (χ1) is 13.5. The van der Waals surface area contributed by atoms with E-state index in [1.807, 2.05) is 0 Å². The lowest BCUT2D eigenvalue weighted by molar-refractivity contribution is -0.252. The molecule has 0 amide bonds. The van der Waals surface area contributed by atoms with Crippen molar-refractivity contribution in [3.05, 3.63) is 59.7 Å². The van der Waals surface area contributed by atoms with Gasteiger partial charge in [-0.15, -0.1) is 0 Å². The van der Waals surface area contributed by atoms with Crippen molar-refractivity contribution in [1.29, 1.82) is 0 Å². The molecule has 2 heterocycles. The smallest absolute Gasteiger partial charge is 0.184 e. The van der Waals surface area contributed by atoms with Gasteiger partial charge in [0.1, 0.15) is 35.9 Å². The lowest BCUT2D eigenvalue weighted by Crippen LogP contribution is -2.50. The minimum Gasteiger partial charge on any atom is -0.508 e. The number of aliphatic hydroxyl groups excluding tert-OH is 2. The normalized spacial score (nSPS) is 33.5. The zero-order valence-electron chi connectivity index (χ0n) is 14.9. The maximum Gasteiger partial charge on any atom is 0.184 e. The summed E-state index contributed by atoms with van der Waals surface area (Å²) >= 11 is 0. The maximum atomic E-state index is 10.7. The molecule has 8 heteroatoms. The van der Waals surface area contributed by atoms with Crippen LogP contribution >= 0.6 is 0 Å². The second-order valence-corrected chi connectivity index (χ2v) is 6.85. The molecule has 2 bridgehead atoms. The molecule has 4 rings (SSSR count). The highest BCUT2D eigenvalue weighted by Crippen LogP contribution is 2.34. The lowest BCUT2D eigenvalue weighted by atomic mass is 10.0. The third-order valence-corrected chi connectivity index (χ3v) is 4.84. The molecule has 2 aliphatic heterocycles. The highest BCUT2D eigenvalue weighted by molar-refractivity contribution is 5.27. The van der Waals surface area contributed by atoms with Crippen LogP contribution in [0.2, 0.25) is 0 Å². The molecule has 0 aromatic heterocycles. The summed E-state index contributed by atoms with van der Waals surface area (Å²) < 4.78 is 23.2. The van der Waals surface area contributed by atoms with E-state index in [1.165, 1.54) is 24.3 Å². The summed E-state index contributed by atoms with van der Waals surface area (Å²) in [6.07, 6.45) is -5.71. The number of phenols is 2. The lowest BCUT2D eigenvalue weighted by Gasteiger charge is -2.35. The van der Waals surface area contributed by atoms with Gasteiger partial charge in [0.2, 0.25) is 0 Å². The van der Waals surface area contributed by atoms with Gasteiger partial charge in [0.25, 0.3) is 0 Å². The Kier molecular flexibility index (Phi) is 5.49. The SMILES string of the molecule is Oc1ccc(C2OC[C@@H]3OC(c4ccc(O)cc4)OC[C@@H](O)[C@@H](O2)[C@@H]3O)cc1. The Morgan fingerprint density at radius 1 is 0.679 bits per heavy atom. The van der Waals surface area contributed by atoms with E-state index in [0.717, 1.165) is 0 Å². The van der Waals surface area contributed by atoms with E-state index in [-0.39, 0.29) is 24.7 Å². The first-order valence-electron chi connectivity index (χ1n) is 8.99. The quantitative estimate of drug-likeness (QED) is 0.607. The van der Waals surface area contributed by atoms with Gasteiger partial charge >= 0.3 is 0 Å². The Balaban J connectivity index is 1.57. The average Bonchev–Trinajstić information content (AvgIpc) is 2.87. The van der Waals surface area contributed by atoms with Crippen molar-refractivity contribution in [3.8, 4) is 11.5 Å². The highest BCUT2D eigenvalue weighted by Gasteiger charge is 2.43. The molecule has 6 atom stereocenters. The molecule has 8 nitrogen and oxygen atoms in total. The van der Waals surface area contributed by atoms with Gasteiger partial charge in [0.15, 0.2) is 12.6 Å². The van der Waals surface area contributed by atoms with Crippen LogP contribution in [0.25, 0.3) is 0 Å². The Hall–Kier alpha value is -2.20. The van der Waals surface area contributed by atoms with Gasteiger partial charge in [0.05, 0.1) is 13.2 Å². The van der Waals surface area contributed by atoms with Crippen LogP contribution < -0.4 is 0 Å². The summed E-state index contributed by atoms with van der Waals surface area (Å²) in [6, 6.07) is 12.6. The number of fused-ring (bicyclic) bond motifs is 2. The molecule has 0 spiro atoms. The number of phenolic OH excluding ortho intramolecular Hbond substituents is 2. The van der Waals surface area contributed by atoms with Crippen molar-refractivity contribution in [2.75, 3.05) is 13.2 Å². The largest absolute Gasteiger partial charge is 0.508 e. The summed E-state index contributed by atoms with van der Waals surface area (Å²) in [5, 5.41) is 40.2. The van der Waals surface area contributed by atoms with Crippen LogP contribution in [0.3, 0.4) is 0 Å². The predicted molar refractivity (Wildman–Crippen MR) is 95.4 cm³/mol. The number of hydrogen-bond donors (Lipinski definition) is 4. The van der Waals surface area contributed by atoms with Crippen LogP contribution in [-0.4, -0.2) is 58.1 Å². The fourth-order valence-corrected chi connectivity index (χ4v) is 3.28. The fraction of sp³-hybridized carbons (Fsp3) is 0.400. The van der Waals surface area contributed by atoms with Crippen LogP contribution in [-0.2, 0) is 18.9 Å². The molecular formula is C20H22O8. The molecular weight excluding hydrogens is 368 g/mol. The van der Waals surface area contributed by atoms with Crippen LogP contribution in [0.5, 0.6) is 11.5 Å². The first kappa shape index (κ1) is 19.1. The molecule has 2 saturated heterocycles. The van der Waals surface area contributed by atoms with E-state index < -0.39 is 37.0 Å². The monoisotopic (exact) mass is 390 g/mol. The number of aliphatic hydroxyl groups is 2. The standard InChI is InChI=1S/C20H22O8/c21-13-5-1-11(2-6-13)19-25-9-15(23)18-17(24)16(27-19)10-26-20(28-18)12-3-7-14(22)8-4-12/h1-8,15-24H,9-10H2/t15-,16+,17-,18-,19?,20?/m1/s1. The third-order valence-electron chi connectivity index (χ3n) is 4.84. The minimum atomic E-state index is -1.14. The number of rotatable bonds is 2. The van der Waals surface area contributed by atoms with E-state index in [9.17, 15) is 20.4 Å². The molecule has 0 radical (unpaired) electrons. The Labute approximate surface area is 161 Å². The van der Waals surface area contributed by atoms with E-state index in [0.29, 0.717) is 11.1 Å². The van der Waals surface area contributed by atoms with E-state index in [4.69, 9.17) is 18.9 Å². The molecule has 2 aromatic carbocycles. The maximum absolute atomic E-state index is 10.7. The second-order valence-electron chi connectivity index (χ2n) is 6.85. The van der Waals surface area contributed by atoms with E-state index >= 15 is 0 Å². The third kappa shape index (κ3) is 3.97. The number of hydrogen-bond acceptors (Lipinski definition) is 8. The first-order valence-corrected chi connectivity index (χ1v) is 8.99. The van der Waals surface area contributed by atoms with Crippen LogP contribution in [0.4, 0.5) is 0 Å². The molecule has 28 heavy (non-hydrogen) atoms. The van der Waals surface area contributed by atoms with Crippen molar-refractivity contribution in [2.45, 2.75) is 37.0 Å². The molecule has 2 unspecified atom stereocenters. The summed E-state index contributed by atoms with van der Waals surface area (Å²) in [5.41, 5.74) is 1.27. The topological polar surface area (TPSA) is 118 Å². The van der Waals surface area contributed by atoms with Gasteiger partial charge in [-0.1, -0.05) is 24.3 Å². The van der Waals surface area contributed by atoms with Crippen molar-refractivity contribution in [3.63, 3.8) is 0 Å². The molecule has 2 aromatic rings. The molecule has 2 fully saturated rings. The van der Waals surface area contributed by atoms with Crippen molar-refractivity contribution in [2.24, 2.45) is 0 Å². The van der Waals surface area contributed by atoms with Crippen LogP contribution in [0.1, 0.15) is 23.7 Å². The summed E-state index contributed by atoms with van der Waals surface area (Å²) in [5.74, 6) is 0.218. The molecule has 0 saturated carbocycles. The summed E-state index contributed by atoms with van der Waals surface area (Å²) in [6.45, 7) is -0.115. The number of benzene rings is 2. The number of aromatic hydroxyl groups is 2. The Bertz CT molecular complexity index is 734. The van der Waals surface area contributed by atoms with Gasteiger partial charge in [-0.05, 0) is 24.3 Å². The van der Waals surface area contributed by atoms with Gasteiger partial charge in [-0.2, -0.15) is 0 Å². The molecule has 2 aliphatic rings. The van der Waals surface area contributed by atoms with E-state index in [2.05, 4.69) is 0 Å². The van der Waals surface area contributed by atoms with Gasteiger partial charge in [-0.3, -0.25) is 0 Å². The number of ether oxygens (including phenoxy) is 4. The highest BCUT2D eigenvalue weighted by atomic mass is 16.7. The average molecular weight is 390 g/mol. The van der Waals surface area contributed by atoms with Crippen LogP contribution in [0, 0.1) is 0 Å². The molecule has 4 N–H and O–H groups in total. The van der Waals surface area contributed by atoms with Gasteiger partial charge < -0.3 is 39.4 Å². The summed E-state index contributed by atoms with van der Waals surface area (Å²) in [4.78, 5) is 0. The Morgan fingerprint density at radius 2 is 1.18 bits per heavy atom. The zero-order chi connectivity index (χ0) is 19.7. The van der Waals surface area contributed by atoms with Crippen molar-refractivity contribution < 1.29 is 39.4 Å². The molecule has 150 valence electrons. The minimum absolute atomic E-state index is 0.00781. The van der Waals surface area contributed by atoms with Crippen molar-refractivity contribution >= 4 is 0 Å². The second kappa shape index (κ2) is 8.04. The van der Waals surface area contributed by atoms with Crippen molar-refractivity contribution in [1.82, 2.24) is 0 Å². The fourth-order valence-electron chi connectivity index (χ4n) is 3.28. The van der Waals surface area contributed by atoms with E-state index in [1.54, 1.807) is 24.3 Å². The zero-order valence-corrected chi connectivity index (χ0v) is 14.9. The van der Waals surface area contributed by atoms with Crippen LogP contribution in [0.15, 0.2) is 48.5 Å². The van der Waals surface area contributed by atoms with Gasteiger partial charge in [-0.25, -0.2) is 0 Å². The van der Waals surface area contributed by atoms with Gasteiger partial charge in [0, 0.05) is 11.1 Å². The summed E-state index contributed by atoms with van der Waals surface area (Å²) in [7, 11) is 0. The Morgan fingerprint density at radius 3 is 1.75 bits per heavy atom.